The first-order valence-corrected chi connectivity index (χ1v) is 31.1. The van der Waals surface area contributed by atoms with E-state index in [0.717, 1.165) is 22.4 Å². The van der Waals surface area contributed by atoms with Gasteiger partial charge in [-0.15, -0.1) is 0 Å². The van der Waals surface area contributed by atoms with E-state index in [1.54, 1.807) is 0 Å². The van der Waals surface area contributed by atoms with Crippen LogP contribution in [-0.2, 0) is 36.9 Å². The maximum absolute atomic E-state index is 16.4. The van der Waals surface area contributed by atoms with Crippen molar-refractivity contribution in [2.75, 3.05) is 9.80 Å². The van der Waals surface area contributed by atoms with E-state index in [1.807, 2.05) is 113 Å². The molecule has 4 aromatic carbocycles. The maximum Gasteiger partial charge on any atom is 0.255 e. The molecule has 10 heteroatoms. The van der Waals surface area contributed by atoms with Crippen LogP contribution in [0.15, 0.2) is 121 Å². The molecule has 0 saturated carbocycles. The van der Waals surface area contributed by atoms with Gasteiger partial charge in [-0.2, -0.15) is 0 Å². The number of hydrogen-bond acceptors (Lipinski definition) is 5. The van der Waals surface area contributed by atoms with Crippen LogP contribution < -0.4 is 14.2 Å². The third kappa shape index (κ3) is 9.27. The molecule has 3 atom stereocenters. The molecule has 0 saturated heterocycles. The van der Waals surface area contributed by atoms with E-state index < -0.39 is 42.6 Å². The summed E-state index contributed by atoms with van der Waals surface area (Å²) < 4.78 is 22.0. The molecule has 0 N–H and O–H groups in total. The summed E-state index contributed by atoms with van der Waals surface area (Å²) in [5.74, 6) is 0.285. The Labute approximate surface area is 376 Å². The van der Waals surface area contributed by atoms with Gasteiger partial charge in [0.25, 0.3) is 14.2 Å². The lowest BCUT2D eigenvalue weighted by molar-refractivity contribution is -0.127. The normalized spacial score (nSPS) is 20.0. The molecule has 2 aliphatic rings. The SMILES string of the molecule is CC(C)(C)[Si](C)(C)Oc1ccccc1N(Cc1ccccc1)C(=O)C1=C[C@@H](O[Si](C)(C)C(C)(C)C)[C@H](O[Si](C)(C)C(C)(C)C)C[C@]12C(=O)N(Cc1ccccc1)c1ccccc12. The van der Waals surface area contributed by atoms with Crippen molar-refractivity contribution in [1.82, 2.24) is 0 Å². The molecular formula is C52H72N2O5Si3. The highest BCUT2D eigenvalue weighted by atomic mass is 28.4. The van der Waals surface area contributed by atoms with Gasteiger partial charge in [-0.1, -0.05) is 153 Å². The van der Waals surface area contributed by atoms with E-state index in [0.29, 0.717) is 23.6 Å². The molecule has 2 amide bonds. The predicted molar refractivity (Wildman–Crippen MR) is 264 cm³/mol. The van der Waals surface area contributed by atoms with E-state index in [4.69, 9.17) is 13.3 Å². The second-order valence-electron chi connectivity index (χ2n) is 22.1. The zero-order chi connectivity index (χ0) is 45.7. The minimum Gasteiger partial charge on any atom is -0.542 e. The molecule has 332 valence electrons. The fourth-order valence-corrected chi connectivity index (χ4v) is 11.4. The number of hydrogen-bond donors (Lipinski definition) is 0. The first-order chi connectivity index (χ1) is 28.7. The lowest BCUT2D eigenvalue weighted by Gasteiger charge is -2.49. The molecule has 1 aliphatic heterocycles. The van der Waals surface area contributed by atoms with Crippen molar-refractivity contribution >= 4 is 48.1 Å². The largest absolute Gasteiger partial charge is 0.542 e. The number of carbonyl (C=O) groups is 2. The third-order valence-corrected chi connectivity index (χ3v) is 27.9. The number of carbonyl (C=O) groups excluding carboxylic acids is 2. The molecule has 1 heterocycles. The van der Waals surface area contributed by atoms with Crippen LogP contribution in [0.4, 0.5) is 11.4 Å². The van der Waals surface area contributed by atoms with Gasteiger partial charge in [0.05, 0.1) is 31.0 Å². The Morgan fingerprint density at radius 3 is 1.74 bits per heavy atom. The van der Waals surface area contributed by atoms with Crippen molar-refractivity contribution < 1.29 is 22.9 Å². The van der Waals surface area contributed by atoms with Crippen molar-refractivity contribution in [2.45, 2.75) is 154 Å². The summed E-state index contributed by atoms with van der Waals surface area (Å²) >= 11 is 0. The number of rotatable bonds is 12. The first kappa shape index (κ1) is 47.4. The van der Waals surface area contributed by atoms with Crippen LogP contribution >= 0.6 is 0 Å². The summed E-state index contributed by atoms with van der Waals surface area (Å²) in [4.78, 5) is 36.2. The molecule has 1 spiro atoms. The molecule has 6 rings (SSSR count). The van der Waals surface area contributed by atoms with Gasteiger partial charge < -0.3 is 23.1 Å². The summed E-state index contributed by atoms with van der Waals surface area (Å²) in [6.07, 6.45) is 1.21. The molecular weight excluding hydrogens is 817 g/mol. The minimum absolute atomic E-state index is 0.0833. The van der Waals surface area contributed by atoms with Gasteiger partial charge in [0.1, 0.15) is 11.2 Å². The first-order valence-electron chi connectivity index (χ1n) is 22.4. The highest BCUT2D eigenvalue weighted by molar-refractivity contribution is 6.75. The van der Waals surface area contributed by atoms with Crippen molar-refractivity contribution in [3.63, 3.8) is 0 Å². The van der Waals surface area contributed by atoms with Gasteiger partial charge >= 0.3 is 0 Å². The van der Waals surface area contributed by atoms with Crippen LogP contribution in [-0.4, -0.2) is 49.0 Å². The Bertz CT molecular complexity index is 2270. The van der Waals surface area contributed by atoms with E-state index in [9.17, 15) is 0 Å². The molecule has 0 radical (unpaired) electrons. The number of anilines is 2. The second kappa shape index (κ2) is 17.1. The lowest BCUT2D eigenvalue weighted by Crippen LogP contribution is -2.58. The zero-order valence-corrected chi connectivity index (χ0v) is 43.2. The van der Waals surface area contributed by atoms with Crippen molar-refractivity contribution in [1.29, 1.82) is 0 Å². The van der Waals surface area contributed by atoms with Crippen LogP contribution in [0.5, 0.6) is 5.75 Å². The minimum atomic E-state index is -2.47. The molecule has 1 aliphatic carbocycles. The Morgan fingerprint density at radius 1 is 0.661 bits per heavy atom. The van der Waals surface area contributed by atoms with Gasteiger partial charge in [-0.3, -0.25) is 9.59 Å². The molecule has 0 aromatic heterocycles. The summed E-state index contributed by atoms with van der Waals surface area (Å²) in [6.45, 7) is 34.3. The summed E-state index contributed by atoms with van der Waals surface area (Å²) in [5.41, 5.74) is 3.33. The summed E-state index contributed by atoms with van der Waals surface area (Å²) in [6, 6.07) is 36.2. The van der Waals surface area contributed by atoms with E-state index >= 15 is 9.59 Å². The highest BCUT2D eigenvalue weighted by Crippen LogP contribution is 2.55. The highest BCUT2D eigenvalue weighted by Gasteiger charge is 2.61. The topological polar surface area (TPSA) is 68.3 Å². The van der Waals surface area contributed by atoms with E-state index in [-0.39, 0.29) is 39.9 Å². The van der Waals surface area contributed by atoms with Crippen LogP contribution in [0.25, 0.3) is 0 Å². The van der Waals surface area contributed by atoms with Crippen molar-refractivity contribution in [3.8, 4) is 5.75 Å². The second-order valence-corrected chi connectivity index (χ2v) is 36.3. The molecule has 0 fully saturated rings. The van der Waals surface area contributed by atoms with Gasteiger partial charge in [0, 0.05) is 11.3 Å². The zero-order valence-electron chi connectivity index (χ0n) is 40.2. The lowest BCUT2D eigenvalue weighted by atomic mass is 9.66. The van der Waals surface area contributed by atoms with Gasteiger partial charge in [-0.25, -0.2) is 0 Å². The molecule has 62 heavy (non-hydrogen) atoms. The van der Waals surface area contributed by atoms with Crippen LogP contribution in [0, 0.1) is 0 Å². The molecule has 4 aromatic rings. The van der Waals surface area contributed by atoms with Gasteiger partial charge in [0.15, 0.2) is 16.6 Å². The molecule has 7 nitrogen and oxygen atoms in total. The Kier molecular flexibility index (Phi) is 13.1. The Morgan fingerprint density at radius 2 is 1.16 bits per heavy atom. The smallest absolute Gasteiger partial charge is 0.255 e. The van der Waals surface area contributed by atoms with Crippen LogP contribution in [0.1, 0.15) is 85.4 Å². The summed E-state index contributed by atoms with van der Waals surface area (Å²) in [7, 11) is -7.31. The average molecular weight is 889 g/mol. The molecule has 0 unspecified atom stereocenters. The van der Waals surface area contributed by atoms with Gasteiger partial charge in [0.2, 0.25) is 5.91 Å². The van der Waals surface area contributed by atoms with Gasteiger partial charge in [-0.05, 0) is 102 Å². The van der Waals surface area contributed by atoms with Crippen molar-refractivity contribution in [3.05, 3.63) is 138 Å². The number of amides is 2. The standard InChI is InChI=1S/C52H72N2O5Si3/c1-49(2,3)60(10,11)57-44-33-25-24-32-43(44)53(36-38-26-18-16-19-27-38)47(55)41-34-45(58-61(12,13)50(4,5)6)46(59-62(14,15)51(7,8)9)35-52(41)40-30-22-23-31-42(40)54(48(52)56)37-39-28-20-17-21-29-39/h16-34,45-46H,35-37H2,1-15H3/t45-,46-,52-/m1/s1. The van der Waals surface area contributed by atoms with Crippen molar-refractivity contribution in [2.24, 2.45) is 0 Å². The maximum atomic E-state index is 16.4. The predicted octanol–water partition coefficient (Wildman–Crippen LogP) is 13.2. The van der Waals surface area contributed by atoms with Crippen LogP contribution in [0.2, 0.25) is 54.4 Å². The quantitative estimate of drug-likeness (QED) is 0.133. The number of fused-ring (bicyclic) bond motifs is 2. The monoisotopic (exact) mass is 888 g/mol. The molecule has 0 bridgehead atoms. The third-order valence-electron chi connectivity index (χ3n) is 14.6. The summed E-state index contributed by atoms with van der Waals surface area (Å²) in [5, 5.41) is -0.317. The van der Waals surface area contributed by atoms with E-state index in [2.05, 4.69) is 114 Å². The van der Waals surface area contributed by atoms with Crippen LogP contribution in [0.3, 0.4) is 0 Å². The number of nitrogens with zero attached hydrogens (tertiary/aromatic N) is 2. The fourth-order valence-electron chi connectivity index (χ4n) is 7.76. The average Bonchev–Trinajstić information content (AvgIpc) is 3.40. The number of benzene rings is 4. The fraction of sp³-hybridized carbons (Fsp3) is 0.462. The number of para-hydroxylation sites is 3. The van der Waals surface area contributed by atoms with E-state index in [1.165, 1.54) is 0 Å². The Balaban J connectivity index is 1.64. The Hall–Kier alpha value is -4.07.